The Morgan fingerprint density at radius 3 is 1.67 bits per heavy atom. The molecular formula is C16H16O2. The van der Waals surface area contributed by atoms with Gasteiger partial charge in [0.2, 0.25) is 0 Å². The lowest BCUT2D eigenvalue weighted by Crippen LogP contribution is -1.88. The molecule has 2 rings (SSSR count). The van der Waals surface area contributed by atoms with E-state index < -0.39 is 0 Å². The SMILES string of the molecule is C=C(C)Oc1ccc(-c2ccc(OC)cc2)cc1. The van der Waals surface area contributed by atoms with Gasteiger partial charge in [-0.1, -0.05) is 30.8 Å². The second kappa shape index (κ2) is 5.41. The van der Waals surface area contributed by atoms with Crippen LogP contribution in [0.15, 0.2) is 60.9 Å². The van der Waals surface area contributed by atoms with E-state index >= 15 is 0 Å². The lowest BCUT2D eigenvalue weighted by molar-refractivity contribution is 0.415. The molecule has 0 unspecified atom stereocenters. The minimum atomic E-state index is 0.687. The Morgan fingerprint density at radius 1 is 0.833 bits per heavy atom. The van der Waals surface area contributed by atoms with E-state index in [0.29, 0.717) is 5.76 Å². The standard InChI is InChI=1S/C16H16O2/c1-12(2)18-16-10-6-14(7-11-16)13-4-8-15(17-3)9-5-13/h4-11H,1H2,2-3H3. The predicted octanol–water partition coefficient (Wildman–Crippen LogP) is 4.27. The zero-order chi connectivity index (χ0) is 13.0. The summed E-state index contributed by atoms with van der Waals surface area (Å²) in [4.78, 5) is 0. The van der Waals surface area contributed by atoms with Crippen molar-refractivity contribution in [3.8, 4) is 22.6 Å². The number of benzene rings is 2. The van der Waals surface area contributed by atoms with E-state index in [0.717, 1.165) is 22.6 Å². The van der Waals surface area contributed by atoms with Crippen LogP contribution in [0.3, 0.4) is 0 Å². The average molecular weight is 240 g/mol. The second-order valence-electron chi connectivity index (χ2n) is 4.06. The topological polar surface area (TPSA) is 18.5 Å². The highest BCUT2D eigenvalue weighted by atomic mass is 16.5. The Kier molecular flexibility index (Phi) is 3.68. The van der Waals surface area contributed by atoms with E-state index in [-0.39, 0.29) is 0 Å². The molecule has 2 aromatic carbocycles. The monoisotopic (exact) mass is 240 g/mol. The molecule has 0 aromatic heterocycles. The van der Waals surface area contributed by atoms with Crippen LogP contribution >= 0.6 is 0 Å². The minimum Gasteiger partial charge on any atom is -0.497 e. The van der Waals surface area contributed by atoms with Crippen LogP contribution in [-0.4, -0.2) is 7.11 Å². The molecule has 2 aromatic rings. The van der Waals surface area contributed by atoms with E-state index in [1.165, 1.54) is 0 Å². The van der Waals surface area contributed by atoms with Gasteiger partial charge in [0.25, 0.3) is 0 Å². The van der Waals surface area contributed by atoms with Crippen molar-refractivity contribution in [1.82, 2.24) is 0 Å². The first-order valence-electron chi connectivity index (χ1n) is 5.77. The molecule has 0 amide bonds. The maximum absolute atomic E-state index is 5.43. The van der Waals surface area contributed by atoms with Crippen molar-refractivity contribution in [1.29, 1.82) is 0 Å². The van der Waals surface area contributed by atoms with Gasteiger partial charge in [0.1, 0.15) is 11.5 Å². The fourth-order valence-electron chi connectivity index (χ4n) is 1.70. The van der Waals surface area contributed by atoms with Gasteiger partial charge in [-0.2, -0.15) is 0 Å². The molecule has 0 heterocycles. The third-order valence-corrected chi connectivity index (χ3v) is 2.57. The first-order valence-corrected chi connectivity index (χ1v) is 5.77. The Morgan fingerprint density at radius 2 is 1.28 bits per heavy atom. The van der Waals surface area contributed by atoms with E-state index in [1.54, 1.807) is 7.11 Å². The zero-order valence-corrected chi connectivity index (χ0v) is 10.6. The molecular weight excluding hydrogens is 224 g/mol. The summed E-state index contributed by atoms with van der Waals surface area (Å²) in [6, 6.07) is 15.9. The van der Waals surface area contributed by atoms with Gasteiger partial charge in [-0.3, -0.25) is 0 Å². The highest BCUT2D eigenvalue weighted by molar-refractivity contribution is 5.64. The van der Waals surface area contributed by atoms with E-state index in [9.17, 15) is 0 Å². The van der Waals surface area contributed by atoms with E-state index in [2.05, 4.69) is 6.58 Å². The molecule has 92 valence electrons. The second-order valence-corrected chi connectivity index (χ2v) is 4.06. The van der Waals surface area contributed by atoms with Crippen LogP contribution in [0.5, 0.6) is 11.5 Å². The number of rotatable bonds is 4. The molecule has 0 saturated heterocycles. The van der Waals surface area contributed by atoms with Gasteiger partial charge in [-0.05, 0) is 42.3 Å². The van der Waals surface area contributed by atoms with Crippen molar-refractivity contribution in [3.05, 3.63) is 60.9 Å². The number of ether oxygens (including phenoxy) is 2. The highest BCUT2D eigenvalue weighted by Crippen LogP contribution is 2.24. The Labute approximate surface area is 107 Å². The van der Waals surface area contributed by atoms with Gasteiger partial charge in [-0.25, -0.2) is 0 Å². The molecule has 0 atom stereocenters. The number of hydrogen-bond acceptors (Lipinski definition) is 2. The summed E-state index contributed by atoms with van der Waals surface area (Å²) in [5, 5.41) is 0. The van der Waals surface area contributed by atoms with E-state index in [4.69, 9.17) is 9.47 Å². The number of methoxy groups -OCH3 is 1. The largest absolute Gasteiger partial charge is 0.497 e. The number of allylic oxidation sites excluding steroid dienone is 1. The predicted molar refractivity (Wildman–Crippen MR) is 73.9 cm³/mol. The van der Waals surface area contributed by atoms with Gasteiger partial charge in [-0.15, -0.1) is 0 Å². The fourth-order valence-corrected chi connectivity index (χ4v) is 1.70. The molecule has 0 aliphatic heterocycles. The Balaban J connectivity index is 2.20. The van der Waals surface area contributed by atoms with Crippen LogP contribution in [0.1, 0.15) is 6.92 Å². The van der Waals surface area contributed by atoms with Gasteiger partial charge in [0.05, 0.1) is 12.9 Å². The van der Waals surface area contributed by atoms with Crippen molar-refractivity contribution in [2.75, 3.05) is 7.11 Å². The molecule has 0 radical (unpaired) electrons. The highest BCUT2D eigenvalue weighted by Gasteiger charge is 1.99. The van der Waals surface area contributed by atoms with Crippen molar-refractivity contribution in [2.24, 2.45) is 0 Å². The summed E-state index contributed by atoms with van der Waals surface area (Å²) in [7, 11) is 1.67. The van der Waals surface area contributed by atoms with Crippen molar-refractivity contribution >= 4 is 0 Å². The minimum absolute atomic E-state index is 0.687. The number of hydrogen-bond donors (Lipinski definition) is 0. The van der Waals surface area contributed by atoms with Crippen LogP contribution < -0.4 is 9.47 Å². The first kappa shape index (κ1) is 12.2. The van der Waals surface area contributed by atoms with Gasteiger partial charge in [0, 0.05) is 0 Å². The first-order chi connectivity index (χ1) is 8.69. The van der Waals surface area contributed by atoms with Crippen molar-refractivity contribution < 1.29 is 9.47 Å². The third kappa shape index (κ3) is 2.92. The Hall–Kier alpha value is -2.22. The molecule has 0 bridgehead atoms. The lowest BCUT2D eigenvalue weighted by atomic mass is 10.1. The van der Waals surface area contributed by atoms with Crippen molar-refractivity contribution in [2.45, 2.75) is 6.92 Å². The average Bonchev–Trinajstić information content (AvgIpc) is 2.39. The van der Waals surface area contributed by atoms with Crippen LogP contribution in [0.4, 0.5) is 0 Å². The zero-order valence-electron chi connectivity index (χ0n) is 10.6. The summed E-state index contributed by atoms with van der Waals surface area (Å²) >= 11 is 0. The quantitative estimate of drug-likeness (QED) is 0.743. The fraction of sp³-hybridized carbons (Fsp3) is 0.125. The smallest absolute Gasteiger partial charge is 0.126 e. The molecule has 0 fully saturated rings. The normalized spacial score (nSPS) is 9.89. The third-order valence-electron chi connectivity index (χ3n) is 2.57. The molecule has 0 aliphatic carbocycles. The van der Waals surface area contributed by atoms with Crippen LogP contribution in [0.25, 0.3) is 11.1 Å². The van der Waals surface area contributed by atoms with Gasteiger partial charge in [0.15, 0.2) is 0 Å². The summed E-state index contributed by atoms with van der Waals surface area (Å²) in [5.74, 6) is 2.35. The summed E-state index contributed by atoms with van der Waals surface area (Å²) in [6.45, 7) is 5.54. The van der Waals surface area contributed by atoms with Crippen molar-refractivity contribution in [3.63, 3.8) is 0 Å². The lowest BCUT2D eigenvalue weighted by Gasteiger charge is -2.07. The molecule has 0 aliphatic rings. The van der Waals surface area contributed by atoms with Crippen LogP contribution in [0.2, 0.25) is 0 Å². The van der Waals surface area contributed by atoms with E-state index in [1.807, 2.05) is 55.5 Å². The van der Waals surface area contributed by atoms with Gasteiger partial charge >= 0.3 is 0 Å². The molecule has 2 nitrogen and oxygen atoms in total. The summed E-state index contributed by atoms with van der Waals surface area (Å²) in [6.07, 6.45) is 0. The van der Waals surface area contributed by atoms with Crippen LogP contribution in [0, 0.1) is 0 Å². The maximum Gasteiger partial charge on any atom is 0.126 e. The molecule has 0 saturated carbocycles. The maximum atomic E-state index is 5.43. The Bertz CT molecular complexity index is 524. The molecule has 0 spiro atoms. The summed E-state index contributed by atoms with van der Waals surface area (Å²) < 4.78 is 10.6. The molecule has 2 heteroatoms. The molecule has 18 heavy (non-hydrogen) atoms. The van der Waals surface area contributed by atoms with Gasteiger partial charge < -0.3 is 9.47 Å². The van der Waals surface area contributed by atoms with Crippen LogP contribution in [-0.2, 0) is 0 Å². The summed E-state index contributed by atoms with van der Waals surface area (Å²) in [5.41, 5.74) is 2.30. The molecule has 0 N–H and O–H groups in total.